The van der Waals surface area contributed by atoms with Gasteiger partial charge in [-0.05, 0) is 30.3 Å². The summed E-state index contributed by atoms with van der Waals surface area (Å²) in [5.41, 5.74) is -1.15. The first-order valence-corrected chi connectivity index (χ1v) is 12.5. The van der Waals surface area contributed by atoms with Gasteiger partial charge >= 0.3 is 24.7 Å². The molecule has 0 spiro atoms. The number of rotatable bonds is 4. The summed E-state index contributed by atoms with van der Waals surface area (Å²) in [6.45, 7) is 0. The first-order valence-electron chi connectivity index (χ1n) is 12.2. The highest BCUT2D eigenvalue weighted by Gasteiger charge is 2.46. The summed E-state index contributed by atoms with van der Waals surface area (Å²) >= 11 is 6.10. The highest BCUT2D eigenvalue weighted by atomic mass is 35.5. The molecule has 0 saturated carbocycles. The number of amides is 1. The second kappa shape index (κ2) is 14.8. The Morgan fingerprint density at radius 1 is 0.812 bits per heavy atom. The Morgan fingerprint density at radius 2 is 1.35 bits per heavy atom. The summed E-state index contributed by atoms with van der Waals surface area (Å²) in [7, 11) is 0. The molecule has 4 rings (SSSR count). The van der Waals surface area contributed by atoms with Crippen LogP contribution in [0.1, 0.15) is 27.8 Å². The van der Waals surface area contributed by atoms with E-state index in [1.165, 1.54) is 41.1 Å². The maximum absolute atomic E-state index is 13.7. The van der Waals surface area contributed by atoms with Crippen LogP contribution in [-0.4, -0.2) is 41.4 Å². The van der Waals surface area contributed by atoms with Crippen molar-refractivity contribution in [1.29, 1.82) is 0 Å². The molecule has 1 aromatic carbocycles. The fourth-order valence-electron chi connectivity index (χ4n) is 3.46. The second-order valence-electron chi connectivity index (χ2n) is 8.83. The van der Waals surface area contributed by atoms with Crippen molar-refractivity contribution in [2.75, 3.05) is 0 Å². The molecule has 0 aliphatic carbocycles. The molecule has 3 N–H and O–H groups in total. The number of alkyl halides is 12. The maximum Gasteiger partial charge on any atom is 0.430 e. The molecular formula is C26H15ClF12N4O5. The molecule has 260 valence electrons. The lowest BCUT2D eigenvalue weighted by molar-refractivity contribution is -0.498. The van der Waals surface area contributed by atoms with Gasteiger partial charge in [-0.15, -0.1) is 0 Å². The van der Waals surface area contributed by atoms with Crippen molar-refractivity contribution in [3.8, 4) is 11.4 Å². The number of halogens is 13. The van der Waals surface area contributed by atoms with Crippen LogP contribution in [0.4, 0.5) is 52.7 Å². The van der Waals surface area contributed by atoms with Crippen LogP contribution < -0.4 is 24.9 Å². The maximum atomic E-state index is 13.7. The molecule has 22 heteroatoms. The van der Waals surface area contributed by atoms with Crippen molar-refractivity contribution in [2.45, 2.75) is 30.7 Å². The molecule has 9 nitrogen and oxygen atoms in total. The number of aliphatic carboxylic acids is 2. The summed E-state index contributed by atoms with van der Waals surface area (Å²) < 4.78 is 145. The Hall–Kier alpha value is -5.08. The predicted molar refractivity (Wildman–Crippen MR) is 131 cm³/mol. The van der Waals surface area contributed by atoms with E-state index in [9.17, 15) is 57.5 Å². The second-order valence-corrected chi connectivity index (χ2v) is 9.24. The number of carboxylic acid groups (broad SMARTS) is 2. The smallest absolute Gasteiger partial charge is 0.430 e. The fourth-order valence-corrected chi connectivity index (χ4v) is 3.73. The average Bonchev–Trinajstić information content (AvgIpc) is 3.34. The van der Waals surface area contributed by atoms with Gasteiger partial charge in [0, 0.05) is 12.1 Å². The molecule has 0 bridgehead atoms. The number of pyridine rings is 2. The van der Waals surface area contributed by atoms with Gasteiger partial charge < -0.3 is 25.1 Å². The molecule has 3 aromatic heterocycles. The van der Waals surface area contributed by atoms with Crippen molar-refractivity contribution in [2.24, 2.45) is 0 Å². The van der Waals surface area contributed by atoms with E-state index in [-0.39, 0.29) is 33.3 Å². The number of carbonyl (C=O) groups excluding carboxylic acids is 3. The van der Waals surface area contributed by atoms with Gasteiger partial charge in [-0.3, -0.25) is 4.79 Å². The first kappa shape index (κ1) is 39.1. The van der Waals surface area contributed by atoms with Gasteiger partial charge in [0.05, 0.1) is 22.3 Å². The van der Waals surface area contributed by atoms with E-state index in [0.717, 1.165) is 18.2 Å². The number of nitrogens with zero attached hydrogens (tertiary/aromatic N) is 1. The third-order valence-electron chi connectivity index (χ3n) is 5.49. The Kier molecular flexibility index (Phi) is 12.0. The zero-order valence-electron chi connectivity index (χ0n) is 22.8. The summed E-state index contributed by atoms with van der Waals surface area (Å²) in [5.74, 6) is -6.97. The molecule has 0 radical (unpaired) electrons. The summed E-state index contributed by atoms with van der Waals surface area (Å²) in [6.07, 6.45) is -17.0. The van der Waals surface area contributed by atoms with Crippen LogP contribution in [0.25, 0.3) is 16.9 Å². The number of hydrogen-bond donors (Lipinski definition) is 2. The van der Waals surface area contributed by atoms with Gasteiger partial charge in [0.15, 0.2) is 11.7 Å². The van der Waals surface area contributed by atoms with E-state index in [4.69, 9.17) is 31.4 Å². The van der Waals surface area contributed by atoms with Gasteiger partial charge in [-0.2, -0.15) is 57.1 Å². The number of fused-ring (bicyclic) bond motifs is 1. The number of hydrogen-bond acceptors (Lipinski definition) is 5. The summed E-state index contributed by atoms with van der Waals surface area (Å²) in [4.78, 5) is 35.7. The summed E-state index contributed by atoms with van der Waals surface area (Å²) in [5, 5.41) is 19.3. The zero-order chi connectivity index (χ0) is 36.8. The lowest BCUT2D eigenvalue weighted by atomic mass is 10.1. The van der Waals surface area contributed by atoms with Gasteiger partial charge in [0.2, 0.25) is 17.4 Å². The van der Waals surface area contributed by atoms with E-state index in [1.807, 2.05) is 5.32 Å². The van der Waals surface area contributed by atoms with E-state index in [2.05, 4.69) is 9.97 Å². The van der Waals surface area contributed by atoms with Gasteiger partial charge in [0.1, 0.15) is 11.9 Å². The lowest BCUT2D eigenvalue weighted by Gasteiger charge is -2.17. The van der Waals surface area contributed by atoms with E-state index >= 15 is 0 Å². The van der Waals surface area contributed by atoms with Crippen molar-refractivity contribution < 1.29 is 86.7 Å². The molecule has 1 unspecified atom stereocenters. The Morgan fingerprint density at radius 3 is 1.79 bits per heavy atom. The topological polar surface area (TPSA) is 143 Å². The van der Waals surface area contributed by atoms with Crippen LogP contribution in [0.5, 0.6) is 0 Å². The van der Waals surface area contributed by atoms with Crippen LogP contribution >= 0.6 is 11.6 Å². The average molecular weight is 727 g/mol. The van der Waals surface area contributed by atoms with Crippen LogP contribution in [0.2, 0.25) is 5.02 Å². The van der Waals surface area contributed by atoms with Crippen LogP contribution in [0.3, 0.4) is 0 Å². The normalized spacial score (nSPS) is 12.6. The first-order chi connectivity index (χ1) is 21.9. The van der Waals surface area contributed by atoms with E-state index in [1.54, 1.807) is 12.1 Å². The number of benzene rings is 1. The molecule has 48 heavy (non-hydrogen) atoms. The number of carboxylic acids is 2. The standard InChI is InChI=1S/C22H13ClF6N4O.2C2HF3O2/c23-14-11-12(21(24,25)26)7-8-13(14)19-31-17(16-6-2-4-10-33(16)19)20(34)32-18(22(27,28)29)15-5-1-3-9-30-15;2*3-2(4,5)1(6)7/h1-11,18H,(H,32,34);2*(H,6,7). The predicted octanol–water partition coefficient (Wildman–Crippen LogP) is 3.54. The number of carbonyl (C=O) groups is 3. The van der Waals surface area contributed by atoms with E-state index < -0.39 is 54.2 Å². The number of aromatic amines is 2. The van der Waals surface area contributed by atoms with Crippen molar-refractivity contribution in [3.05, 3.63) is 89.0 Å². The fraction of sp³-hybridized carbons (Fsp3) is 0.192. The Bertz CT molecular complexity index is 1730. The number of H-pyrrole nitrogens is 2. The van der Waals surface area contributed by atoms with Crippen molar-refractivity contribution in [1.82, 2.24) is 10.3 Å². The SMILES string of the molecule is O=C(NC(c1cccc[nH+]1)C(F)(F)F)c1[nH]c(-c2ccc(C(F)(F)F)cc2Cl)[n+]2ccccc12.O=C([O-])C(F)(F)F.O=C([O-])C(F)(F)F. The third-order valence-corrected chi connectivity index (χ3v) is 5.80. The van der Waals surface area contributed by atoms with Gasteiger partial charge in [-0.25, -0.2) is 9.97 Å². The Balaban J connectivity index is 0.000000479. The molecule has 0 fully saturated rings. The number of imidazole rings is 1. The molecule has 0 aliphatic heterocycles. The van der Waals surface area contributed by atoms with E-state index in [0.29, 0.717) is 0 Å². The molecule has 1 amide bonds. The minimum Gasteiger partial charge on any atom is -0.542 e. The van der Waals surface area contributed by atoms with Crippen molar-refractivity contribution in [3.63, 3.8) is 0 Å². The molecule has 1 atom stereocenters. The molecule has 0 saturated heterocycles. The molecule has 0 aliphatic rings. The minimum atomic E-state index is -5.19. The van der Waals surface area contributed by atoms with Crippen LogP contribution in [0, 0.1) is 0 Å². The Labute approximate surface area is 263 Å². The zero-order valence-corrected chi connectivity index (χ0v) is 23.6. The third kappa shape index (κ3) is 10.5. The highest BCUT2D eigenvalue weighted by molar-refractivity contribution is 6.33. The van der Waals surface area contributed by atoms with Crippen LogP contribution in [-0.2, 0) is 15.8 Å². The largest absolute Gasteiger partial charge is 0.542 e. The highest BCUT2D eigenvalue weighted by Crippen LogP contribution is 2.35. The van der Waals surface area contributed by atoms with Crippen LogP contribution in [0.15, 0.2) is 67.0 Å². The van der Waals surface area contributed by atoms with Crippen molar-refractivity contribution >= 4 is 35.0 Å². The quantitative estimate of drug-likeness (QED) is 0.245. The minimum absolute atomic E-state index is 0.120. The summed E-state index contributed by atoms with van der Waals surface area (Å²) in [6, 6.07) is 9.04. The molecule has 3 heterocycles. The molecular weight excluding hydrogens is 712 g/mol. The lowest BCUT2D eigenvalue weighted by Crippen LogP contribution is -2.41. The van der Waals surface area contributed by atoms with Gasteiger partial charge in [0.25, 0.3) is 11.7 Å². The molecule has 4 aromatic rings. The number of nitrogens with one attached hydrogen (secondary N) is 3. The number of aromatic nitrogens is 3. The monoisotopic (exact) mass is 726 g/mol. The van der Waals surface area contributed by atoms with Gasteiger partial charge in [-0.1, -0.05) is 23.7 Å².